The highest BCUT2D eigenvalue weighted by molar-refractivity contribution is 5.40. The van der Waals surface area contributed by atoms with Crippen molar-refractivity contribution in [2.75, 3.05) is 0 Å². The van der Waals surface area contributed by atoms with Crippen LogP contribution in [0.2, 0.25) is 0 Å². The highest BCUT2D eigenvalue weighted by Crippen LogP contribution is 2.31. The topological polar surface area (TPSA) is 82.0 Å². The number of halogens is 3. The van der Waals surface area contributed by atoms with E-state index in [0.29, 0.717) is 6.20 Å². The molecule has 0 radical (unpaired) electrons. The molecule has 8 heteroatoms. The SMILES string of the molecule is NCc1c(F)cnc([N+](=O)[O-])c1C(F)F. The molecule has 0 spiro atoms. The van der Waals surface area contributed by atoms with Crippen molar-refractivity contribution in [1.82, 2.24) is 4.98 Å². The number of pyridine rings is 1. The van der Waals surface area contributed by atoms with Crippen molar-refractivity contribution in [3.63, 3.8) is 0 Å². The van der Waals surface area contributed by atoms with Gasteiger partial charge >= 0.3 is 5.82 Å². The fraction of sp³-hybridized carbons (Fsp3) is 0.286. The summed E-state index contributed by atoms with van der Waals surface area (Å²) in [5.41, 5.74) is 3.40. The Hall–Kier alpha value is -1.70. The van der Waals surface area contributed by atoms with E-state index in [1.165, 1.54) is 0 Å². The maximum absolute atomic E-state index is 13.0. The van der Waals surface area contributed by atoms with Crippen LogP contribution in [0.5, 0.6) is 0 Å². The maximum Gasteiger partial charge on any atom is 0.372 e. The Morgan fingerprint density at radius 2 is 2.20 bits per heavy atom. The molecule has 1 aromatic heterocycles. The van der Waals surface area contributed by atoms with Gasteiger partial charge in [-0.05, 0) is 9.91 Å². The zero-order valence-corrected chi connectivity index (χ0v) is 7.28. The summed E-state index contributed by atoms with van der Waals surface area (Å²) in [6, 6.07) is 0. The van der Waals surface area contributed by atoms with Crippen LogP contribution in [0.15, 0.2) is 6.20 Å². The third-order valence-corrected chi connectivity index (χ3v) is 1.75. The molecule has 0 saturated heterocycles. The van der Waals surface area contributed by atoms with Crippen molar-refractivity contribution >= 4 is 5.82 Å². The van der Waals surface area contributed by atoms with Crippen LogP contribution in [0.25, 0.3) is 0 Å². The third kappa shape index (κ3) is 2.04. The van der Waals surface area contributed by atoms with Crippen LogP contribution in [0.4, 0.5) is 19.0 Å². The molecule has 82 valence electrons. The molecule has 0 unspecified atom stereocenters. The van der Waals surface area contributed by atoms with Crippen molar-refractivity contribution < 1.29 is 18.1 Å². The standard InChI is InChI=1S/C7H6F3N3O2/c8-4-2-12-7(13(14)15)5(6(9)10)3(4)1-11/h2,6H,1,11H2. The molecule has 0 bridgehead atoms. The first kappa shape index (κ1) is 11.4. The molecule has 0 aliphatic carbocycles. The molecule has 1 rings (SSSR count). The largest absolute Gasteiger partial charge is 0.372 e. The lowest BCUT2D eigenvalue weighted by molar-refractivity contribution is -0.391. The van der Waals surface area contributed by atoms with Crippen LogP contribution >= 0.6 is 0 Å². The second kappa shape index (κ2) is 4.22. The van der Waals surface area contributed by atoms with Gasteiger partial charge in [0.15, 0.2) is 12.0 Å². The van der Waals surface area contributed by atoms with E-state index in [-0.39, 0.29) is 0 Å². The molecule has 0 aliphatic rings. The highest BCUT2D eigenvalue weighted by atomic mass is 19.3. The molecular formula is C7H6F3N3O2. The Bertz CT molecular complexity index is 397. The average molecular weight is 221 g/mol. The molecule has 0 saturated carbocycles. The highest BCUT2D eigenvalue weighted by Gasteiger charge is 2.29. The first-order valence-electron chi connectivity index (χ1n) is 3.79. The Morgan fingerprint density at radius 1 is 1.60 bits per heavy atom. The monoisotopic (exact) mass is 221 g/mol. The Kier molecular flexibility index (Phi) is 3.20. The smallest absolute Gasteiger partial charge is 0.358 e. The number of rotatable bonds is 3. The molecule has 0 amide bonds. The summed E-state index contributed by atoms with van der Waals surface area (Å²) in [7, 11) is 0. The lowest BCUT2D eigenvalue weighted by Crippen LogP contribution is -2.10. The molecule has 15 heavy (non-hydrogen) atoms. The number of nitrogens with two attached hydrogens (primary N) is 1. The zero-order chi connectivity index (χ0) is 11.6. The quantitative estimate of drug-likeness (QED) is 0.619. The van der Waals surface area contributed by atoms with Crippen LogP contribution in [0, 0.1) is 15.9 Å². The van der Waals surface area contributed by atoms with Crippen LogP contribution in [-0.4, -0.2) is 9.91 Å². The van der Waals surface area contributed by atoms with Gasteiger partial charge in [0.25, 0.3) is 6.43 Å². The average Bonchev–Trinajstić information content (AvgIpc) is 2.16. The van der Waals surface area contributed by atoms with Crippen molar-refractivity contribution in [2.24, 2.45) is 5.73 Å². The van der Waals surface area contributed by atoms with Gasteiger partial charge in [0, 0.05) is 12.1 Å². The molecular weight excluding hydrogens is 215 g/mol. The number of hydrogen-bond donors (Lipinski definition) is 1. The van der Waals surface area contributed by atoms with Gasteiger partial charge in [0.05, 0.1) is 0 Å². The Labute approximate surface area is 81.9 Å². The predicted molar refractivity (Wildman–Crippen MR) is 43.7 cm³/mol. The van der Waals surface area contributed by atoms with Gasteiger partial charge in [-0.2, -0.15) is 0 Å². The molecule has 0 atom stereocenters. The minimum absolute atomic E-state index is 0.506. The van der Waals surface area contributed by atoms with E-state index in [1.54, 1.807) is 0 Å². The van der Waals surface area contributed by atoms with E-state index in [2.05, 4.69) is 4.98 Å². The fourth-order valence-corrected chi connectivity index (χ4v) is 1.11. The summed E-state index contributed by atoms with van der Waals surface area (Å²) in [6.45, 7) is -0.547. The van der Waals surface area contributed by atoms with E-state index >= 15 is 0 Å². The summed E-state index contributed by atoms with van der Waals surface area (Å²) in [5.74, 6) is -2.13. The maximum atomic E-state index is 13.0. The molecule has 2 N–H and O–H groups in total. The van der Waals surface area contributed by atoms with Crippen molar-refractivity contribution in [1.29, 1.82) is 0 Å². The number of hydrogen-bond acceptors (Lipinski definition) is 4. The van der Waals surface area contributed by atoms with Crippen molar-refractivity contribution in [3.05, 3.63) is 33.3 Å². The predicted octanol–water partition coefficient (Wildman–Crippen LogP) is 1.53. The number of nitro groups is 1. The minimum atomic E-state index is -3.19. The Balaban J connectivity index is 3.49. The van der Waals surface area contributed by atoms with Gasteiger partial charge in [0.1, 0.15) is 5.56 Å². The minimum Gasteiger partial charge on any atom is -0.358 e. The van der Waals surface area contributed by atoms with E-state index in [9.17, 15) is 23.3 Å². The third-order valence-electron chi connectivity index (χ3n) is 1.75. The summed E-state index contributed by atoms with van der Waals surface area (Å²) >= 11 is 0. The molecule has 0 fully saturated rings. The lowest BCUT2D eigenvalue weighted by atomic mass is 10.1. The number of nitrogens with zero attached hydrogens (tertiary/aromatic N) is 2. The fourth-order valence-electron chi connectivity index (χ4n) is 1.11. The van der Waals surface area contributed by atoms with Gasteiger partial charge in [-0.25, -0.2) is 13.2 Å². The molecule has 1 aromatic rings. The summed E-state index contributed by atoms with van der Waals surface area (Å²) in [4.78, 5) is 12.3. The van der Waals surface area contributed by atoms with Gasteiger partial charge in [-0.1, -0.05) is 0 Å². The van der Waals surface area contributed by atoms with Gasteiger partial charge < -0.3 is 15.8 Å². The number of alkyl halides is 2. The van der Waals surface area contributed by atoms with E-state index in [4.69, 9.17) is 5.73 Å². The van der Waals surface area contributed by atoms with E-state index in [1.807, 2.05) is 0 Å². The van der Waals surface area contributed by atoms with Gasteiger partial charge in [-0.3, -0.25) is 0 Å². The molecule has 1 heterocycles. The van der Waals surface area contributed by atoms with Crippen molar-refractivity contribution in [2.45, 2.75) is 13.0 Å². The summed E-state index contributed by atoms with van der Waals surface area (Å²) in [5, 5.41) is 10.4. The summed E-state index contributed by atoms with van der Waals surface area (Å²) < 4.78 is 37.9. The summed E-state index contributed by atoms with van der Waals surface area (Å²) in [6.07, 6.45) is -2.68. The van der Waals surface area contributed by atoms with Gasteiger partial charge in [-0.15, -0.1) is 0 Å². The second-order valence-corrected chi connectivity index (χ2v) is 2.58. The van der Waals surface area contributed by atoms with E-state index < -0.39 is 40.7 Å². The molecule has 5 nitrogen and oxygen atoms in total. The Morgan fingerprint density at radius 3 is 2.60 bits per heavy atom. The van der Waals surface area contributed by atoms with E-state index in [0.717, 1.165) is 0 Å². The second-order valence-electron chi connectivity index (χ2n) is 2.58. The van der Waals surface area contributed by atoms with Crippen LogP contribution < -0.4 is 5.73 Å². The molecule has 0 aliphatic heterocycles. The number of aromatic nitrogens is 1. The lowest BCUT2D eigenvalue weighted by Gasteiger charge is -2.06. The molecule has 0 aromatic carbocycles. The van der Waals surface area contributed by atoms with Crippen molar-refractivity contribution in [3.8, 4) is 0 Å². The normalized spacial score (nSPS) is 10.7. The van der Waals surface area contributed by atoms with Gasteiger partial charge in [0.2, 0.25) is 0 Å². The van der Waals surface area contributed by atoms with Crippen LogP contribution in [0.3, 0.4) is 0 Å². The first-order chi connectivity index (χ1) is 6.99. The van der Waals surface area contributed by atoms with Crippen LogP contribution in [-0.2, 0) is 6.54 Å². The van der Waals surface area contributed by atoms with Crippen LogP contribution in [0.1, 0.15) is 17.6 Å². The zero-order valence-electron chi connectivity index (χ0n) is 7.28. The first-order valence-corrected chi connectivity index (χ1v) is 3.79.